The van der Waals surface area contributed by atoms with Crippen molar-refractivity contribution < 1.29 is 38.9 Å². The minimum atomic E-state index is -2.83. The molecule has 0 bridgehead atoms. The predicted octanol–water partition coefficient (Wildman–Crippen LogP) is -1.08. The fraction of sp³-hybridized carbons (Fsp3) is 0.500. The van der Waals surface area contributed by atoms with Gasteiger partial charge in [-0.25, -0.2) is 9.18 Å². The molecular weight excluding hydrogens is 329 g/mol. The Morgan fingerprint density at radius 2 is 2.00 bits per heavy atom. The number of carbonyl (C=O) groups is 1. The standard InChI is InChI=1S/C14H14FNO8/c15-8-3-1-7(2-4-8)9(5-16(21)22)13(19)12(18)24-11-10(17)6-23-14(11,13)20/h1-4,9-11,17,19-20H,5-6H2/t9?,10-,11+,13+,14-/m0/s1. The minimum Gasteiger partial charge on any atom is -0.451 e. The van der Waals surface area contributed by atoms with E-state index in [1.165, 1.54) is 0 Å². The molecule has 0 amide bonds. The molecule has 1 aromatic carbocycles. The van der Waals surface area contributed by atoms with E-state index in [-0.39, 0.29) is 5.56 Å². The predicted molar refractivity (Wildman–Crippen MR) is 72.7 cm³/mol. The van der Waals surface area contributed by atoms with Crippen LogP contribution >= 0.6 is 0 Å². The summed E-state index contributed by atoms with van der Waals surface area (Å²) in [4.78, 5) is 22.4. The van der Waals surface area contributed by atoms with Crippen LogP contribution < -0.4 is 0 Å². The lowest BCUT2D eigenvalue weighted by Gasteiger charge is -2.36. The summed E-state index contributed by atoms with van der Waals surface area (Å²) in [7, 11) is 0. The van der Waals surface area contributed by atoms with Crippen LogP contribution in [0.15, 0.2) is 24.3 Å². The molecule has 2 heterocycles. The summed E-state index contributed by atoms with van der Waals surface area (Å²) in [5.74, 6) is -6.21. The summed E-state index contributed by atoms with van der Waals surface area (Å²) >= 11 is 0. The molecule has 0 aromatic heterocycles. The first-order valence-electron chi connectivity index (χ1n) is 7.05. The Morgan fingerprint density at radius 1 is 1.38 bits per heavy atom. The molecule has 1 unspecified atom stereocenters. The highest BCUT2D eigenvalue weighted by atomic mass is 19.1. The maximum atomic E-state index is 13.1. The Bertz CT molecular complexity index is 682. The number of fused-ring (bicyclic) bond motifs is 1. The van der Waals surface area contributed by atoms with Crippen molar-refractivity contribution in [1.82, 2.24) is 0 Å². The zero-order chi connectivity index (χ0) is 17.7. The van der Waals surface area contributed by atoms with Crippen LogP contribution in [0.5, 0.6) is 0 Å². The van der Waals surface area contributed by atoms with E-state index in [1.54, 1.807) is 0 Å². The number of carbonyl (C=O) groups excluding carboxylic acids is 1. The summed E-state index contributed by atoms with van der Waals surface area (Å²) < 4.78 is 22.9. The number of halogens is 1. The lowest BCUT2D eigenvalue weighted by Crippen LogP contribution is -2.62. The van der Waals surface area contributed by atoms with Gasteiger partial charge in [0.2, 0.25) is 17.9 Å². The summed E-state index contributed by atoms with van der Waals surface area (Å²) in [6, 6.07) is 4.29. The van der Waals surface area contributed by atoms with Gasteiger partial charge >= 0.3 is 5.97 Å². The number of benzene rings is 1. The molecule has 1 aromatic rings. The van der Waals surface area contributed by atoms with Crippen molar-refractivity contribution in [3.8, 4) is 0 Å². The van der Waals surface area contributed by atoms with E-state index in [0.717, 1.165) is 24.3 Å². The maximum absolute atomic E-state index is 13.1. The SMILES string of the molecule is O=C1O[C@@H]2[C@@H](O)CO[C@]2(O)[C@@]1(O)C(C[N+](=O)[O-])c1ccc(F)cc1. The minimum absolute atomic E-state index is 0.0339. The van der Waals surface area contributed by atoms with Crippen LogP contribution in [0.3, 0.4) is 0 Å². The lowest BCUT2D eigenvalue weighted by molar-refractivity contribution is -0.489. The quantitative estimate of drug-likeness (QED) is 0.356. The number of nitro groups is 1. The highest BCUT2D eigenvalue weighted by molar-refractivity contribution is 5.85. The van der Waals surface area contributed by atoms with Crippen molar-refractivity contribution in [1.29, 1.82) is 0 Å². The van der Waals surface area contributed by atoms with Crippen molar-refractivity contribution in [2.24, 2.45) is 0 Å². The Hall–Kier alpha value is -2.14. The second-order valence-electron chi connectivity index (χ2n) is 5.79. The number of esters is 1. The molecule has 2 saturated heterocycles. The number of rotatable bonds is 4. The molecule has 0 spiro atoms. The van der Waals surface area contributed by atoms with Crippen LogP contribution in [0, 0.1) is 15.9 Å². The number of aliphatic hydroxyl groups excluding tert-OH is 1. The summed E-state index contributed by atoms with van der Waals surface area (Å²) in [5.41, 5.74) is -2.80. The first-order valence-corrected chi connectivity index (χ1v) is 7.05. The molecule has 0 saturated carbocycles. The van der Waals surface area contributed by atoms with Crippen molar-refractivity contribution in [2.75, 3.05) is 13.2 Å². The average molecular weight is 343 g/mol. The van der Waals surface area contributed by atoms with Gasteiger partial charge in [0.1, 0.15) is 11.9 Å². The van der Waals surface area contributed by atoms with E-state index in [1.807, 2.05) is 0 Å². The van der Waals surface area contributed by atoms with Crippen LogP contribution in [-0.4, -0.2) is 63.0 Å². The third-order valence-corrected chi connectivity index (χ3v) is 4.41. The number of hydrogen-bond acceptors (Lipinski definition) is 8. The van der Waals surface area contributed by atoms with E-state index in [9.17, 15) is 34.6 Å². The fourth-order valence-corrected chi connectivity index (χ4v) is 3.19. The third kappa shape index (κ3) is 2.18. The van der Waals surface area contributed by atoms with Gasteiger partial charge in [0.15, 0.2) is 6.10 Å². The monoisotopic (exact) mass is 343 g/mol. The van der Waals surface area contributed by atoms with E-state index in [4.69, 9.17) is 9.47 Å². The van der Waals surface area contributed by atoms with Crippen LogP contribution in [0.2, 0.25) is 0 Å². The summed E-state index contributed by atoms with van der Waals surface area (Å²) in [6.45, 7) is -1.38. The van der Waals surface area contributed by atoms with Gasteiger partial charge in [-0.2, -0.15) is 0 Å². The molecule has 2 fully saturated rings. The Balaban J connectivity index is 2.10. The molecule has 0 aliphatic carbocycles. The summed E-state index contributed by atoms with van der Waals surface area (Å²) in [5, 5.41) is 42.2. The molecular formula is C14H14FNO8. The zero-order valence-electron chi connectivity index (χ0n) is 12.2. The maximum Gasteiger partial charge on any atom is 0.345 e. The average Bonchev–Trinajstić information content (AvgIpc) is 2.92. The van der Waals surface area contributed by atoms with Crippen molar-refractivity contribution in [2.45, 2.75) is 29.5 Å². The number of hydrogen-bond donors (Lipinski definition) is 3. The molecule has 0 radical (unpaired) electrons. The first-order chi connectivity index (χ1) is 11.2. The van der Waals surface area contributed by atoms with Gasteiger partial charge < -0.3 is 24.8 Å². The van der Waals surface area contributed by atoms with Gasteiger partial charge in [-0.1, -0.05) is 12.1 Å². The van der Waals surface area contributed by atoms with Gasteiger partial charge in [0.25, 0.3) is 0 Å². The number of aliphatic hydroxyl groups is 3. The number of nitrogens with zero attached hydrogens (tertiary/aromatic N) is 1. The fourth-order valence-electron chi connectivity index (χ4n) is 3.19. The normalized spacial score (nSPS) is 36.2. The van der Waals surface area contributed by atoms with Crippen LogP contribution in [0.1, 0.15) is 11.5 Å². The zero-order valence-corrected chi connectivity index (χ0v) is 12.2. The molecule has 9 nitrogen and oxygen atoms in total. The third-order valence-electron chi connectivity index (χ3n) is 4.41. The Kier molecular flexibility index (Phi) is 3.79. The second-order valence-corrected chi connectivity index (χ2v) is 5.79. The van der Waals surface area contributed by atoms with E-state index < -0.39 is 59.4 Å². The highest BCUT2D eigenvalue weighted by Crippen LogP contribution is 2.49. The topological polar surface area (TPSA) is 139 Å². The molecule has 2 aliphatic rings. The van der Waals surface area contributed by atoms with Gasteiger partial charge in [0.05, 0.1) is 12.5 Å². The largest absolute Gasteiger partial charge is 0.451 e. The van der Waals surface area contributed by atoms with Crippen LogP contribution in [-0.2, 0) is 14.3 Å². The molecule has 5 atom stereocenters. The highest BCUT2D eigenvalue weighted by Gasteiger charge is 2.76. The smallest absolute Gasteiger partial charge is 0.345 e. The Morgan fingerprint density at radius 3 is 2.58 bits per heavy atom. The Labute approximate surface area is 134 Å². The van der Waals surface area contributed by atoms with Gasteiger partial charge in [-0.3, -0.25) is 10.1 Å². The van der Waals surface area contributed by atoms with Crippen molar-refractivity contribution >= 4 is 5.97 Å². The van der Waals surface area contributed by atoms with E-state index in [0.29, 0.717) is 0 Å². The first kappa shape index (κ1) is 16.7. The van der Waals surface area contributed by atoms with Crippen LogP contribution in [0.25, 0.3) is 0 Å². The van der Waals surface area contributed by atoms with Crippen LogP contribution in [0.4, 0.5) is 4.39 Å². The molecule has 130 valence electrons. The van der Waals surface area contributed by atoms with E-state index in [2.05, 4.69) is 0 Å². The lowest BCUT2D eigenvalue weighted by atomic mass is 9.76. The molecule has 2 aliphatic heterocycles. The molecule has 3 N–H and O–H groups in total. The molecule has 10 heteroatoms. The van der Waals surface area contributed by atoms with Crippen molar-refractivity contribution in [3.63, 3.8) is 0 Å². The van der Waals surface area contributed by atoms with E-state index >= 15 is 0 Å². The molecule has 3 rings (SSSR count). The van der Waals surface area contributed by atoms with Gasteiger partial charge in [-0.15, -0.1) is 0 Å². The second kappa shape index (κ2) is 5.45. The van der Waals surface area contributed by atoms with Crippen molar-refractivity contribution in [3.05, 3.63) is 45.8 Å². The van der Waals surface area contributed by atoms with Gasteiger partial charge in [0, 0.05) is 4.92 Å². The van der Waals surface area contributed by atoms with Gasteiger partial charge in [-0.05, 0) is 17.7 Å². The molecule has 24 heavy (non-hydrogen) atoms. The summed E-state index contributed by atoms with van der Waals surface area (Å²) in [6.07, 6.45) is -2.97. The number of ether oxygens (including phenoxy) is 2.